The molecule has 0 aromatic rings. The maximum absolute atomic E-state index is 12.3. The summed E-state index contributed by atoms with van der Waals surface area (Å²) in [5.74, 6) is -0.228. The topological polar surface area (TPSA) is 50.6 Å². The molecule has 0 radical (unpaired) electrons. The predicted octanol–water partition coefficient (Wildman–Crippen LogP) is 2.20. The van der Waals surface area contributed by atoms with Gasteiger partial charge in [0.05, 0.1) is 5.54 Å². The molecule has 6 heteroatoms. The van der Waals surface area contributed by atoms with E-state index in [0.717, 1.165) is 0 Å². The van der Waals surface area contributed by atoms with E-state index in [1.54, 1.807) is 0 Å². The maximum atomic E-state index is 12.3. The highest BCUT2D eigenvalue weighted by atomic mass is 31.2. The molecule has 1 aliphatic rings. The molecule has 0 aliphatic carbocycles. The number of rotatable bonds is 4. The third-order valence-electron chi connectivity index (χ3n) is 2.69. The van der Waals surface area contributed by atoms with E-state index in [4.69, 9.17) is 9.05 Å². The Morgan fingerprint density at radius 2 is 1.69 bits per heavy atom. The van der Waals surface area contributed by atoms with E-state index in [2.05, 4.69) is 26.2 Å². The van der Waals surface area contributed by atoms with E-state index < -0.39 is 7.60 Å². The number of hydrogen-bond donors (Lipinski definition) is 1. The van der Waals surface area contributed by atoms with Gasteiger partial charge in [-0.15, -0.1) is 0 Å². The minimum absolute atomic E-state index is 0.0711. The second-order valence-corrected chi connectivity index (χ2v) is 7.96. The summed E-state index contributed by atoms with van der Waals surface area (Å²) in [6, 6.07) is 0. The highest BCUT2D eigenvalue weighted by Crippen LogP contribution is 2.65. The van der Waals surface area contributed by atoms with Gasteiger partial charge in [0.15, 0.2) is 0 Å². The van der Waals surface area contributed by atoms with Crippen LogP contribution >= 0.6 is 7.60 Å². The van der Waals surface area contributed by atoms with Crippen LogP contribution in [-0.2, 0) is 13.6 Å². The fraction of sp³-hybridized carbons (Fsp3) is 1.00. The van der Waals surface area contributed by atoms with Crippen molar-refractivity contribution in [2.75, 3.05) is 14.2 Å². The van der Waals surface area contributed by atoms with E-state index in [-0.39, 0.29) is 16.9 Å². The molecule has 1 saturated heterocycles. The largest absolute Gasteiger partial charge is 0.350 e. The zero-order chi connectivity index (χ0) is 12.8. The van der Waals surface area contributed by atoms with Crippen LogP contribution < -0.4 is 5.43 Å². The van der Waals surface area contributed by atoms with Gasteiger partial charge < -0.3 is 9.05 Å². The first-order chi connectivity index (χ1) is 7.08. The summed E-state index contributed by atoms with van der Waals surface area (Å²) in [7, 11) is -0.193. The molecule has 1 aliphatic heterocycles. The van der Waals surface area contributed by atoms with Crippen LogP contribution in [0.2, 0.25) is 0 Å². The van der Waals surface area contributed by atoms with Crippen LogP contribution in [0, 0.1) is 0 Å². The third kappa shape index (κ3) is 2.49. The molecule has 0 amide bonds. The SMILES string of the molecule is COP(=O)(OC)C1N(NC(C)(C)C)C1(C)C. The molecular weight excluding hydrogens is 227 g/mol. The molecule has 96 valence electrons. The fourth-order valence-corrected chi connectivity index (χ4v) is 3.85. The highest BCUT2D eigenvalue weighted by Gasteiger charge is 2.67. The molecule has 2 atom stereocenters. The number of hydrogen-bond acceptors (Lipinski definition) is 5. The Hall–Kier alpha value is 0.0700. The van der Waals surface area contributed by atoms with Gasteiger partial charge in [0.1, 0.15) is 5.78 Å². The summed E-state index contributed by atoms with van der Waals surface area (Å²) < 4.78 is 22.4. The van der Waals surface area contributed by atoms with E-state index in [1.165, 1.54) is 14.2 Å². The van der Waals surface area contributed by atoms with Crippen molar-refractivity contribution >= 4 is 7.60 Å². The molecule has 0 spiro atoms. The average molecular weight is 250 g/mol. The summed E-state index contributed by atoms with van der Waals surface area (Å²) in [5, 5.41) is 1.95. The van der Waals surface area contributed by atoms with E-state index >= 15 is 0 Å². The van der Waals surface area contributed by atoms with Crippen molar-refractivity contribution in [3.8, 4) is 0 Å². The van der Waals surface area contributed by atoms with Crippen LogP contribution in [0.3, 0.4) is 0 Å². The molecular formula is C10H23N2O3P. The Morgan fingerprint density at radius 1 is 1.25 bits per heavy atom. The zero-order valence-electron chi connectivity index (χ0n) is 11.2. The second-order valence-electron chi connectivity index (χ2n) is 5.66. The number of hydrazine groups is 1. The zero-order valence-corrected chi connectivity index (χ0v) is 12.1. The molecule has 2 unspecified atom stereocenters. The molecule has 1 rings (SSSR count). The summed E-state index contributed by atoms with van der Waals surface area (Å²) >= 11 is 0. The molecule has 0 bridgehead atoms. The van der Waals surface area contributed by atoms with Crippen molar-refractivity contribution in [1.29, 1.82) is 0 Å². The standard InChI is InChI=1S/C10H23N2O3P/c1-9(2,3)11-12-8(10(12,4)5)16(13,14-6)15-7/h8,11H,1-7H3. The third-order valence-corrected chi connectivity index (χ3v) is 5.17. The van der Waals surface area contributed by atoms with Crippen LogP contribution in [0.15, 0.2) is 0 Å². The smallest absolute Gasteiger partial charge is 0.311 e. The Bertz CT molecular complexity index is 304. The quantitative estimate of drug-likeness (QED) is 0.612. The first kappa shape index (κ1) is 14.1. The highest BCUT2D eigenvalue weighted by molar-refractivity contribution is 7.55. The van der Waals surface area contributed by atoms with Gasteiger partial charge in [0, 0.05) is 19.8 Å². The molecule has 16 heavy (non-hydrogen) atoms. The number of nitrogens with one attached hydrogen (secondary N) is 1. The van der Waals surface area contributed by atoms with Gasteiger partial charge in [0.25, 0.3) is 0 Å². The minimum atomic E-state index is -3.04. The first-order valence-corrected chi connectivity index (χ1v) is 6.98. The Kier molecular flexibility index (Phi) is 3.60. The summed E-state index contributed by atoms with van der Waals surface area (Å²) in [6.45, 7) is 10.2. The average Bonchev–Trinajstić information content (AvgIpc) is 2.65. The molecule has 0 aromatic heterocycles. The lowest BCUT2D eigenvalue weighted by Crippen LogP contribution is -2.42. The maximum Gasteiger partial charge on any atom is 0.350 e. The van der Waals surface area contributed by atoms with Crippen molar-refractivity contribution in [2.24, 2.45) is 0 Å². The van der Waals surface area contributed by atoms with Crippen molar-refractivity contribution in [2.45, 2.75) is 51.5 Å². The van der Waals surface area contributed by atoms with E-state index in [9.17, 15) is 4.57 Å². The molecule has 1 N–H and O–H groups in total. The van der Waals surface area contributed by atoms with Crippen LogP contribution in [0.5, 0.6) is 0 Å². The van der Waals surface area contributed by atoms with Gasteiger partial charge in [-0.05, 0) is 34.6 Å². The van der Waals surface area contributed by atoms with Gasteiger partial charge in [-0.2, -0.15) is 0 Å². The monoisotopic (exact) mass is 250 g/mol. The van der Waals surface area contributed by atoms with Crippen LogP contribution in [0.25, 0.3) is 0 Å². The van der Waals surface area contributed by atoms with Crippen molar-refractivity contribution in [3.63, 3.8) is 0 Å². The molecule has 1 fully saturated rings. The van der Waals surface area contributed by atoms with Crippen molar-refractivity contribution < 1.29 is 13.6 Å². The minimum Gasteiger partial charge on any atom is -0.311 e. The fourth-order valence-electron chi connectivity index (χ4n) is 1.83. The van der Waals surface area contributed by atoms with Gasteiger partial charge in [-0.3, -0.25) is 4.57 Å². The lowest BCUT2D eigenvalue weighted by atomic mass is 10.1. The predicted molar refractivity (Wildman–Crippen MR) is 64.2 cm³/mol. The molecule has 1 heterocycles. The molecule has 0 aromatic carbocycles. The number of nitrogens with zero attached hydrogens (tertiary/aromatic N) is 1. The Labute approximate surface area is 98.0 Å². The van der Waals surface area contributed by atoms with Crippen LogP contribution in [-0.4, -0.2) is 36.1 Å². The van der Waals surface area contributed by atoms with Gasteiger partial charge in [-0.25, -0.2) is 10.4 Å². The van der Waals surface area contributed by atoms with Crippen LogP contribution in [0.1, 0.15) is 34.6 Å². The summed E-state index contributed by atoms with van der Waals surface area (Å²) in [5.41, 5.74) is 3.02. The van der Waals surface area contributed by atoms with Gasteiger partial charge in [-0.1, -0.05) is 0 Å². The lowest BCUT2D eigenvalue weighted by molar-refractivity contribution is 0.217. The summed E-state index contributed by atoms with van der Waals surface area (Å²) in [4.78, 5) is 0. The van der Waals surface area contributed by atoms with E-state index in [0.29, 0.717) is 0 Å². The van der Waals surface area contributed by atoms with Crippen LogP contribution in [0.4, 0.5) is 0 Å². The summed E-state index contributed by atoms with van der Waals surface area (Å²) in [6.07, 6.45) is 0. The lowest BCUT2D eigenvalue weighted by Gasteiger charge is -2.23. The van der Waals surface area contributed by atoms with Gasteiger partial charge in [0.2, 0.25) is 0 Å². The Balaban J connectivity index is 2.82. The van der Waals surface area contributed by atoms with Crippen molar-refractivity contribution in [3.05, 3.63) is 0 Å². The van der Waals surface area contributed by atoms with Gasteiger partial charge >= 0.3 is 7.60 Å². The molecule has 0 saturated carbocycles. The first-order valence-electron chi connectivity index (χ1n) is 5.37. The second kappa shape index (κ2) is 4.07. The Morgan fingerprint density at radius 3 is 2.00 bits per heavy atom. The van der Waals surface area contributed by atoms with E-state index in [1.807, 2.05) is 18.9 Å². The van der Waals surface area contributed by atoms with Crippen molar-refractivity contribution in [1.82, 2.24) is 10.4 Å². The molecule has 5 nitrogen and oxygen atoms in total. The normalized spacial score (nSPS) is 29.2.